The minimum atomic E-state index is 0.918. The van der Waals surface area contributed by atoms with Gasteiger partial charge in [0, 0.05) is 18.5 Å². The van der Waals surface area contributed by atoms with E-state index >= 15 is 0 Å². The van der Waals surface area contributed by atoms with Crippen LogP contribution in [0.3, 0.4) is 0 Å². The summed E-state index contributed by atoms with van der Waals surface area (Å²) in [4.78, 5) is 7.28. The van der Waals surface area contributed by atoms with Gasteiger partial charge in [0.1, 0.15) is 5.01 Å². The molecule has 0 bridgehead atoms. The van der Waals surface area contributed by atoms with E-state index in [1.807, 2.05) is 0 Å². The Morgan fingerprint density at radius 2 is 1.94 bits per heavy atom. The number of nitrogens with one attached hydrogen (secondary N) is 1. The highest BCUT2D eigenvalue weighted by Crippen LogP contribution is 2.15. The van der Waals surface area contributed by atoms with Crippen molar-refractivity contribution in [2.45, 2.75) is 52.1 Å². The molecule has 18 heavy (non-hydrogen) atoms. The summed E-state index contributed by atoms with van der Waals surface area (Å²) in [6.45, 7) is 7.61. The van der Waals surface area contributed by atoms with E-state index < -0.39 is 0 Å². The van der Waals surface area contributed by atoms with Gasteiger partial charge in [-0.25, -0.2) is 4.98 Å². The summed E-state index contributed by atoms with van der Waals surface area (Å²) in [6.07, 6.45) is 6.94. The molecular formula is C14H25N3S. The summed E-state index contributed by atoms with van der Waals surface area (Å²) < 4.78 is 0. The molecule has 3 nitrogen and oxygen atoms in total. The molecule has 1 aliphatic heterocycles. The molecule has 2 heterocycles. The molecule has 0 aliphatic carbocycles. The lowest BCUT2D eigenvalue weighted by molar-refractivity contribution is 0.237. The standard InChI is InChI=1S/C14H25N3S/c1-2-15-10-14-16-13(12-18-14)11-17-8-6-4-3-5-7-9-17/h12,15H,2-11H2,1H3. The SMILES string of the molecule is CCNCc1nc(CN2CCCCCCC2)cs1. The van der Waals surface area contributed by atoms with Crippen LogP contribution in [0.5, 0.6) is 0 Å². The fraction of sp³-hybridized carbons (Fsp3) is 0.786. The Labute approximate surface area is 115 Å². The topological polar surface area (TPSA) is 28.2 Å². The summed E-state index contributed by atoms with van der Waals surface area (Å²) >= 11 is 1.79. The first-order chi connectivity index (χ1) is 8.88. The van der Waals surface area contributed by atoms with Gasteiger partial charge in [0.15, 0.2) is 0 Å². The Morgan fingerprint density at radius 1 is 1.22 bits per heavy atom. The zero-order chi connectivity index (χ0) is 12.6. The van der Waals surface area contributed by atoms with E-state index in [-0.39, 0.29) is 0 Å². The zero-order valence-electron chi connectivity index (χ0n) is 11.5. The van der Waals surface area contributed by atoms with Gasteiger partial charge in [-0.3, -0.25) is 4.90 Å². The van der Waals surface area contributed by atoms with Crippen LogP contribution in [0.1, 0.15) is 49.7 Å². The van der Waals surface area contributed by atoms with E-state index in [2.05, 4.69) is 22.5 Å². The summed E-state index contributed by atoms with van der Waals surface area (Å²) in [5, 5.41) is 6.78. The summed E-state index contributed by atoms with van der Waals surface area (Å²) in [7, 11) is 0. The van der Waals surface area contributed by atoms with Gasteiger partial charge < -0.3 is 5.32 Å². The molecule has 0 spiro atoms. The first kappa shape index (κ1) is 14.0. The second-order valence-electron chi connectivity index (χ2n) is 5.06. The van der Waals surface area contributed by atoms with Crippen LogP contribution >= 0.6 is 11.3 Å². The number of aromatic nitrogens is 1. The highest BCUT2D eigenvalue weighted by atomic mass is 32.1. The van der Waals surface area contributed by atoms with Crippen LogP contribution in [0.4, 0.5) is 0 Å². The average Bonchev–Trinajstić information content (AvgIpc) is 2.77. The lowest BCUT2D eigenvalue weighted by Crippen LogP contribution is -2.27. The molecule has 1 aromatic heterocycles. The molecule has 1 aromatic rings. The zero-order valence-corrected chi connectivity index (χ0v) is 12.3. The van der Waals surface area contributed by atoms with Gasteiger partial charge >= 0.3 is 0 Å². The van der Waals surface area contributed by atoms with Gasteiger partial charge in [0.05, 0.1) is 5.69 Å². The van der Waals surface area contributed by atoms with Crippen molar-refractivity contribution in [1.82, 2.24) is 15.2 Å². The third kappa shape index (κ3) is 4.67. The average molecular weight is 267 g/mol. The van der Waals surface area contributed by atoms with Crippen molar-refractivity contribution in [2.75, 3.05) is 19.6 Å². The third-order valence-electron chi connectivity index (χ3n) is 3.46. The fourth-order valence-corrected chi connectivity index (χ4v) is 3.19. The minimum Gasteiger partial charge on any atom is -0.311 e. The lowest BCUT2D eigenvalue weighted by Gasteiger charge is -2.23. The van der Waals surface area contributed by atoms with E-state index in [0.717, 1.165) is 19.6 Å². The van der Waals surface area contributed by atoms with E-state index in [9.17, 15) is 0 Å². The number of hydrogen-bond acceptors (Lipinski definition) is 4. The van der Waals surface area contributed by atoms with Crippen molar-refractivity contribution in [3.8, 4) is 0 Å². The molecular weight excluding hydrogens is 242 g/mol. The van der Waals surface area contributed by atoms with Crippen LogP contribution in [0.2, 0.25) is 0 Å². The van der Waals surface area contributed by atoms with Crippen LogP contribution in [0.15, 0.2) is 5.38 Å². The highest BCUT2D eigenvalue weighted by molar-refractivity contribution is 7.09. The fourth-order valence-electron chi connectivity index (χ4n) is 2.43. The molecule has 0 atom stereocenters. The highest BCUT2D eigenvalue weighted by Gasteiger charge is 2.10. The molecule has 4 heteroatoms. The van der Waals surface area contributed by atoms with Gasteiger partial charge in [0.2, 0.25) is 0 Å². The summed E-state index contributed by atoms with van der Waals surface area (Å²) in [5.41, 5.74) is 1.26. The Bertz CT molecular complexity index is 330. The molecule has 1 aliphatic rings. The molecule has 102 valence electrons. The largest absolute Gasteiger partial charge is 0.311 e. The van der Waals surface area contributed by atoms with Crippen molar-refractivity contribution in [1.29, 1.82) is 0 Å². The third-order valence-corrected chi connectivity index (χ3v) is 4.36. The molecule has 0 aromatic carbocycles. The van der Waals surface area contributed by atoms with E-state index in [4.69, 9.17) is 4.98 Å². The molecule has 1 saturated heterocycles. The minimum absolute atomic E-state index is 0.918. The number of nitrogens with zero attached hydrogens (tertiary/aromatic N) is 2. The smallest absolute Gasteiger partial charge is 0.107 e. The quantitative estimate of drug-likeness (QED) is 0.889. The van der Waals surface area contributed by atoms with Gasteiger partial charge in [-0.15, -0.1) is 11.3 Å². The Balaban J connectivity index is 1.81. The second kappa shape index (κ2) is 7.87. The van der Waals surface area contributed by atoms with Gasteiger partial charge in [-0.05, 0) is 32.5 Å². The molecule has 0 unspecified atom stereocenters. The normalized spacial score (nSPS) is 18.5. The molecule has 2 rings (SSSR count). The van der Waals surface area contributed by atoms with Gasteiger partial charge in [0.25, 0.3) is 0 Å². The summed E-state index contributed by atoms with van der Waals surface area (Å²) in [5.74, 6) is 0. The van der Waals surface area contributed by atoms with Crippen molar-refractivity contribution in [3.63, 3.8) is 0 Å². The first-order valence-corrected chi connectivity index (χ1v) is 8.13. The van der Waals surface area contributed by atoms with Gasteiger partial charge in [-0.2, -0.15) is 0 Å². The van der Waals surface area contributed by atoms with Crippen molar-refractivity contribution < 1.29 is 0 Å². The number of hydrogen-bond donors (Lipinski definition) is 1. The van der Waals surface area contributed by atoms with Crippen LogP contribution in [0.25, 0.3) is 0 Å². The molecule has 0 saturated carbocycles. The summed E-state index contributed by atoms with van der Waals surface area (Å²) in [6, 6.07) is 0. The van der Waals surface area contributed by atoms with Crippen LogP contribution in [-0.2, 0) is 13.1 Å². The maximum absolute atomic E-state index is 4.71. The maximum atomic E-state index is 4.71. The number of rotatable bonds is 5. The second-order valence-corrected chi connectivity index (χ2v) is 6.00. The predicted molar refractivity (Wildman–Crippen MR) is 77.9 cm³/mol. The Kier molecular flexibility index (Phi) is 6.11. The van der Waals surface area contributed by atoms with Crippen LogP contribution < -0.4 is 5.32 Å². The first-order valence-electron chi connectivity index (χ1n) is 7.25. The lowest BCUT2D eigenvalue weighted by atomic mass is 10.1. The van der Waals surface area contributed by atoms with E-state index in [1.54, 1.807) is 11.3 Å². The number of likely N-dealkylation sites (tertiary alicyclic amines) is 1. The van der Waals surface area contributed by atoms with Crippen LogP contribution in [-0.4, -0.2) is 29.5 Å². The molecule has 0 radical (unpaired) electrons. The van der Waals surface area contributed by atoms with Crippen molar-refractivity contribution in [3.05, 3.63) is 16.1 Å². The molecule has 1 fully saturated rings. The van der Waals surface area contributed by atoms with Crippen LogP contribution in [0, 0.1) is 0 Å². The Hall–Kier alpha value is -0.450. The van der Waals surface area contributed by atoms with Crippen molar-refractivity contribution >= 4 is 11.3 Å². The maximum Gasteiger partial charge on any atom is 0.107 e. The number of thiazole rings is 1. The Morgan fingerprint density at radius 3 is 2.67 bits per heavy atom. The monoisotopic (exact) mass is 267 g/mol. The predicted octanol–water partition coefficient (Wildman–Crippen LogP) is 3.02. The molecule has 0 amide bonds. The van der Waals surface area contributed by atoms with E-state index in [0.29, 0.717) is 0 Å². The van der Waals surface area contributed by atoms with Crippen molar-refractivity contribution in [2.24, 2.45) is 0 Å². The van der Waals surface area contributed by atoms with Gasteiger partial charge in [-0.1, -0.05) is 26.2 Å². The van der Waals surface area contributed by atoms with E-state index in [1.165, 1.54) is 55.9 Å². The molecule has 1 N–H and O–H groups in total.